The minimum atomic E-state index is -4.56. The van der Waals surface area contributed by atoms with Crippen LogP contribution in [0.15, 0.2) is 184 Å². The number of fused-ring (bicyclic) bond motifs is 16. The minimum Gasteiger partial charge on any atom is -0.378 e. The predicted molar refractivity (Wildman–Crippen MR) is 371 cm³/mol. The minimum absolute atomic E-state index is 0.0431. The number of pyridine rings is 4. The molecule has 0 fully saturated rings. The summed E-state index contributed by atoms with van der Waals surface area (Å²) in [6.07, 6.45) is 0. The number of para-hydroxylation sites is 8. The lowest BCUT2D eigenvalue weighted by Gasteiger charge is -2.28. The number of hydrogen-bond donors (Lipinski definition) is 0. The van der Waals surface area contributed by atoms with Gasteiger partial charge in [0.05, 0.1) is 65.7 Å². The van der Waals surface area contributed by atoms with Crippen LogP contribution in [0.3, 0.4) is 0 Å². The van der Waals surface area contributed by atoms with Gasteiger partial charge in [0.2, 0.25) is 0 Å². The van der Waals surface area contributed by atoms with E-state index in [1.54, 1.807) is 103 Å². The second-order valence-corrected chi connectivity index (χ2v) is 31.8. The van der Waals surface area contributed by atoms with Gasteiger partial charge in [-0.15, -0.1) is 0 Å². The van der Waals surface area contributed by atoms with Crippen LogP contribution in [0, 0.1) is 0 Å². The van der Waals surface area contributed by atoms with Crippen molar-refractivity contribution in [3.63, 3.8) is 0 Å². The third kappa shape index (κ3) is 5.51. The van der Waals surface area contributed by atoms with E-state index in [1.165, 1.54) is 60.1 Å². The summed E-state index contributed by atoms with van der Waals surface area (Å²) in [6, 6.07) is 39.7. The fourth-order valence-corrected chi connectivity index (χ4v) is 22.2. The number of rotatable bonds is 0. The Morgan fingerprint density at radius 3 is 0.710 bits per heavy atom. The Morgan fingerprint density at radius 1 is 0.240 bits per heavy atom. The molecule has 0 saturated carbocycles. The van der Waals surface area contributed by atoms with Crippen LogP contribution in [0.4, 0.5) is 0 Å². The average molecular weight is 1390 g/mol. The first kappa shape index (κ1) is 52.4. The molecule has 0 bridgehead atoms. The van der Waals surface area contributed by atoms with Crippen LogP contribution in [0.5, 0.6) is 23.0 Å². The molecule has 0 aliphatic carbocycles. The summed E-state index contributed by atoms with van der Waals surface area (Å²) < 4.78 is 142. The van der Waals surface area contributed by atoms with Gasteiger partial charge in [-0.2, -0.15) is 33.7 Å². The molecule has 26 rings (SSSR count). The summed E-state index contributed by atoms with van der Waals surface area (Å²) in [4.78, 5) is 75.7. The van der Waals surface area contributed by atoms with E-state index in [4.69, 9.17) is 36.7 Å². The van der Waals surface area contributed by atoms with Crippen LogP contribution < -0.4 is 39.0 Å². The van der Waals surface area contributed by atoms with Crippen LogP contribution in [0.25, 0.3) is 196 Å². The SMILES string of the molecule is O=c1c2cc3c4c5c(cc6c(=O)n7c8ccccc8nc7c7cc8c(c9c(cc(c2c94)c2nc4ccccc4n12)OS8(=O)=O)c5c67)OS3(=O)=O.O=c1c2cc3c4c5c(cc6c7c(cc8c(c9c(cc(c2c49)c2nc4ccccc4n12)S(=O)(=O)O8)c57)c(=O)n1c2ccccc2nc61)S(=O)(=O)O3. The van der Waals surface area contributed by atoms with Crippen molar-refractivity contribution >= 4 is 236 Å². The van der Waals surface area contributed by atoms with Crippen LogP contribution >= 0.6 is 0 Å². The van der Waals surface area contributed by atoms with Crippen LogP contribution in [0.2, 0.25) is 0 Å². The van der Waals surface area contributed by atoms with Crippen LogP contribution in [-0.4, -0.2) is 71.2 Å². The molecule has 12 heterocycles. The summed E-state index contributed by atoms with van der Waals surface area (Å²) in [5.74, 6) is -0.399. The van der Waals surface area contributed by atoms with Gasteiger partial charge >= 0.3 is 40.5 Å². The molecule has 4 aliphatic heterocycles. The fourth-order valence-electron chi connectivity index (χ4n) is 17.5. The topological polar surface area (TPSA) is 311 Å². The monoisotopic (exact) mass is 1380 g/mol. The van der Waals surface area contributed by atoms with Crippen molar-refractivity contribution in [3.8, 4) is 23.0 Å². The van der Waals surface area contributed by atoms with Gasteiger partial charge in [0.1, 0.15) is 42.2 Å². The standard InChI is InChI=1S/2C36H12N4O8S2/c41-35-15-9-21-27-30-24(50(45,46)47-21)12-14-26-16(36(42)40-20-8-4-2-6-18(20)38-34(14)40)10-22-28(32(26)30)29-23(49(43,44)48-22)11-13(25(15)31(27)29)33-37-17-5-1-3-7-19(17)39(33)35;41-35-15-10-22-28-30-24(50(45,46)48-22)12-16-25-13(33-37-17-5-1-3-7-19(17)39(33)36(16)42)9-21-27(31(25)30)29-23(49(43,44)47-21)11-14(26(15)32(28)29)34-38-18-6-2-4-8-20(18)40(34)35/h2*1-12H. The highest BCUT2D eigenvalue weighted by atomic mass is 32.2. The molecule has 0 atom stereocenters. The summed E-state index contributed by atoms with van der Waals surface area (Å²) in [6.45, 7) is 0. The molecule has 24 nitrogen and oxygen atoms in total. The van der Waals surface area contributed by atoms with Gasteiger partial charge in [0.25, 0.3) is 22.2 Å². The van der Waals surface area contributed by atoms with Crippen molar-refractivity contribution in [2.24, 2.45) is 0 Å². The fraction of sp³-hybridized carbons (Fsp3) is 0. The molecule has 0 radical (unpaired) electrons. The summed E-state index contributed by atoms with van der Waals surface area (Å²) >= 11 is 0. The van der Waals surface area contributed by atoms with Crippen molar-refractivity contribution in [1.29, 1.82) is 0 Å². The van der Waals surface area contributed by atoms with Crippen LogP contribution in [-0.2, 0) is 40.5 Å². The molecular weight excluding hydrogens is 1360 g/mol. The molecule has 4 aliphatic rings. The molecule has 22 aromatic rings. The second-order valence-electron chi connectivity index (χ2n) is 25.8. The molecule has 0 saturated heterocycles. The van der Waals surface area contributed by atoms with E-state index in [9.17, 15) is 52.8 Å². The van der Waals surface area contributed by atoms with Crippen LogP contribution in [0.1, 0.15) is 0 Å². The van der Waals surface area contributed by atoms with Gasteiger partial charge in [-0.05, 0) is 97.1 Å². The zero-order valence-corrected chi connectivity index (χ0v) is 52.9. The van der Waals surface area contributed by atoms with E-state index in [0.29, 0.717) is 130 Å². The molecule has 472 valence electrons. The first-order valence-electron chi connectivity index (χ1n) is 30.8. The van der Waals surface area contributed by atoms with Crippen molar-refractivity contribution in [3.05, 3.63) is 187 Å². The zero-order valence-electron chi connectivity index (χ0n) is 49.6. The molecule has 8 aromatic heterocycles. The van der Waals surface area contributed by atoms with E-state index in [1.807, 2.05) is 0 Å². The molecule has 28 heteroatoms. The maximum Gasteiger partial charge on any atom is 0.339 e. The molecule has 0 unspecified atom stereocenters. The van der Waals surface area contributed by atoms with E-state index < -0.39 is 62.7 Å². The number of benzene rings is 14. The lowest BCUT2D eigenvalue weighted by molar-refractivity contribution is 0.485. The Bertz CT molecular complexity index is 8240. The smallest absolute Gasteiger partial charge is 0.339 e. The second kappa shape index (κ2) is 15.8. The molecule has 100 heavy (non-hydrogen) atoms. The molecule has 0 N–H and O–H groups in total. The summed E-state index contributed by atoms with van der Waals surface area (Å²) in [5, 5.41) is 7.30. The Kier molecular flexibility index (Phi) is 8.28. The highest BCUT2D eigenvalue weighted by molar-refractivity contribution is 7.88. The van der Waals surface area contributed by atoms with E-state index in [-0.39, 0.29) is 108 Å². The van der Waals surface area contributed by atoms with Crippen molar-refractivity contribution in [1.82, 2.24) is 37.5 Å². The molecule has 0 amide bonds. The lowest BCUT2D eigenvalue weighted by atomic mass is 9.85. The Morgan fingerprint density at radius 2 is 0.450 bits per heavy atom. The van der Waals surface area contributed by atoms with Crippen molar-refractivity contribution < 1.29 is 50.4 Å². The maximum atomic E-state index is 14.4. The van der Waals surface area contributed by atoms with Gasteiger partial charge in [-0.1, -0.05) is 48.5 Å². The highest BCUT2D eigenvalue weighted by Gasteiger charge is 2.44. The number of imidazole rings is 4. The van der Waals surface area contributed by atoms with Gasteiger partial charge in [-0.3, -0.25) is 36.8 Å². The van der Waals surface area contributed by atoms with Gasteiger partial charge in [0, 0.05) is 108 Å². The highest BCUT2D eigenvalue weighted by Crippen LogP contribution is 2.60. The maximum absolute atomic E-state index is 14.4. The normalized spacial score (nSPS) is 16.3. The Balaban J connectivity index is 0.000000118. The first-order chi connectivity index (χ1) is 48.2. The van der Waals surface area contributed by atoms with E-state index >= 15 is 0 Å². The van der Waals surface area contributed by atoms with Gasteiger partial charge in [-0.25, -0.2) is 19.9 Å². The third-order valence-corrected chi connectivity index (χ3v) is 26.2. The number of nitrogens with zero attached hydrogens (tertiary/aromatic N) is 8. The Hall–Kier alpha value is -12.8. The summed E-state index contributed by atoms with van der Waals surface area (Å²) in [5.41, 5.74) is 3.25. The predicted octanol–water partition coefficient (Wildman–Crippen LogP) is 10.8. The quantitative estimate of drug-likeness (QED) is 0.0773. The number of aromatic nitrogens is 8. The molecule has 0 spiro atoms. The van der Waals surface area contributed by atoms with E-state index in [0.717, 1.165) is 0 Å². The first-order valence-corrected chi connectivity index (χ1v) is 36.5. The Labute approximate surface area is 550 Å². The summed E-state index contributed by atoms with van der Waals surface area (Å²) in [7, 11) is -18.1. The van der Waals surface area contributed by atoms with E-state index in [2.05, 4.69) is 0 Å². The van der Waals surface area contributed by atoms with Crippen molar-refractivity contribution in [2.45, 2.75) is 19.6 Å². The van der Waals surface area contributed by atoms with Crippen molar-refractivity contribution in [2.75, 3.05) is 0 Å². The molecule has 14 aromatic carbocycles. The van der Waals surface area contributed by atoms with Gasteiger partial charge in [0.15, 0.2) is 23.0 Å². The zero-order chi connectivity index (χ0) is 66.6. The largest absolute Gasteiger partial charge is 0.378 e. The average Bonchev–Trinajstić information content (AvgIpc) is 0.829. The third-order valence-electron chi connectivity index (χ3n) is 21.1. The van der Waals surface area contributed by atoms with Gasteiger partial charge < -0.3 is 16.7 Å². The molecular formula is C72H24N8O16S4. The number of hydrogen-bond acceptors (Lipinski definition) is 20. The lowest BCUT2D eigenvalue weighted by Crippen LogP contribution is -2.21.